The summed E-state index contributed by atoms with van der Waals surface area (Å²) in [7, 11) is -1.86. The lowest BCUT2D eigenvalue weighted by Crippen LogP contribution is -2.29. The summed E-state index contributed by atoms with van der Waals surface area (Å²) >= 11 is 0. The molecule has 1 aliphatic rings. The van der Waals surface area contributed by atoms with E-state index in [2.05, 4.69) is 5.32 Å². The van der Waals surface area contributed by atoms with Gasteiger partial charge in [-0.15, -0.1) is 0 Å². The molecule has 0 spiro atoms. The first-order valence-electron chi connectivity index (χ1n) is 9.71. The van der Waals surface area contributed by atoms with Gasteiger partial charge in [-0.25, -0.2) is 8.42 Å². The summed E-state index contributed by atoms with van der Waals surface area (Å²) in [6.45, 7) is 1.98. The number of carbonyl (C=O) groups excluding carboxylic acids is 1. The molecule has 0 radical (unpaired) electrons. The van der Waals surface area contributed by atoms with E-state index in [1.54, 1.807) is 19.2 Å². The molecule has 1 unspecified atom stereocenters. The Bertz CT molecular complexity index is 936. The van der Waals surface area contributed by atoms with E-state index in [1.165, 1.54) is 5.56 Å². The fourth-order valence-electron chi connectivity index (χ4n) is 3.61. The molecule has 150 valence electrons. The molecule has 0 fully saturated rings. The second kappa shape index (κ2) is 8.78. The van der Waals surface area contributed by atoms with E-state index in [9.17, 15) is 13.2 Å². The zero-order chi connectivity index (χ0) is 20.1. The van der Waals surface area contributed by atoms with Crippen LogP contribution < -0.4 is 10.1 Å². The number of rotatable bonds is 8. The summed E-state index contributed by atoms with van der Waals surface area (Å²) in [5.41, 5.74) is 3.33. The summed E-state index contributed by atoms with van der Waals surface area (Å²) in [5, 5.41) is 2.94. The van der Waals surface area contributed by atoms with Gasteiger partial charge >= 0.3 is 0 Å². The van der Waals surface area contributed by atoms with Crippen molar-refractivity contribution >= 4 is 15.7 Å². The predicted molar refractivity (Wildman–Crippen MR) is 109 cm³/mol. The molecule has 2 aromatic carbocycles. The number of carbonyl (C=O) groups is 1. The third kappa shape index (κ3) is 4.73. The smallest absolute Gasteiger partial charge is 0.221 e. The first-order chi connectivity index (χ1) is 13.4. The van der Waals surface area contributed by atoms with Crippen LogP contribution in [0.25, 0.3) is 0 Å². The van der Waals surface area contributed by atoms with E-state index in [0.717, 1.165) is 42.6 Å². The highest BCUT2D eigenvalue weighted by atomic mass is 32.2. The normalized spacial score (nSPS) is 14.4. The van der Waals surface area contributed by atoms with Crippen molar-refractivity contribution in [3.05, 3.63) is 59.2 Å². The zero-order valence-electron chi connectivity index (χ0n) is 16.4. The number of hydrogen-bond donors (Lipinski definition) is 1. The van der Waals surface area contributed by atoms with Crippen LogP contribution in [0.1, 0.15) is 48.9 Å². The number of amides is 1. The van der Waals surface area contributed by atoms with E-state index in [4.69, 9.17) is 4.74 Å². The van der Waals surface area contributed by atoms with Crippen molar-refractivity contribution < 1.29 is 17.9 Å². The number of methoxy groups -OCH3 is 1. The second-order valence-electron chi connectivity index (χ2n) is 7.15. The molecule has 1 atom stereocenters. The van der Waals surface area contributed by atoms with Crippen molar-refractivity contribution in [1.82, 2.24) is 5.32 Å². The Labute approximate surface area is 167 Å². The highest BCUT2D eigenvalue weighted by Crippen LogP contribution is 2.25. The van der Waals surface area contributed by atoms with Crippen molar-refractivity contribution in [2.24, 2.45) is 0 Å². The maximum absolute atomic E-state index is 12.6. The van der Waals surface area contributed by atoms with Gasteiger partial charge in [-0.1, -0.05) is 25.1 Å². The summed E-state index contributed by atoms with van der Waals surface area (Å²) in [4.78, 5) is 12.7. The van der Waals surface area contributed by atoms with E-state index in [0.29, 0.717) is 4.90 Å². The summed E-state index contributed by atoms with van der Waals surface area (Å²) in [5.74, 6) is 0.314. The maximum atomic E-state index is 12.6. The average Bonchev–Trinajstić information content (AvgIpc) is 3.18. The molecule has 0 aliphatic heterocycles. The number of fused-ring (bicyclic) bond motifs is 1. The number of nitrogens with one attached hydrogen (secondary N) is 1. The number of ether oxygens (including phenoxy) is 1. The first kappa shape index (κ1) is 20.4. The molecule has 0 aromatic heterocycles. The lowest BCUT2D eigenvalue weighted by Gasteiger charge is -2.18. The number of hydrogen-bond acceptors (Lipinski definition) is 4. The molecule has 2 aromatic rings. The van der Waals surface area contributed by atoms with Crippen LogP contribution in [0, 0.1) is 0 Å². The Balaban J connectivity index is 1.60. The van der Waals surface area contributed by atoms with Crippen molar-refractivity contribution in [1.29, 1.82) is 0 Å². The minimum Gasteiger partial charge on any atom is -0.497 e. The molecule has 1 aliphatic carbocycles. The van der Waals surface area contributed by atoms with Crippen molar-refractivity contribution in [2.75, 3.05) is 12.9 Å². The zero-order valence-corrected chi connectivity index (χ0v) is 17.2. The molecule has 0 saturated heterocycles. The van der Waals surface area contributed by atoms with Crippen LogP contribution in [-0.2, 0) is 27.5 Å². The third-order valence-electron chi connectivity index (χ3n) is 5.29. The first-order valence-corrected chi connectivity index (χ1v) is 11.4. The van der Waals surface area contributed by atoms with E-state index in [-0.39, 0.29) is 24.1 Å². The highest BCUT2D eigenvalue weighted by molar-refractivity contribution is 7.91. The van der Waals surface area contributed by atoms with Gasteiger partial charge in [0, 0.05) is 6.42 Å². The molecular formula is C22H27NO4S. The fourth-order valence-corrected chi connectivity index (χ4v) is 4.90. The topological polar surface area (TPSA) is 72.5 Å². The van der Waals surface area contributed by atoms with Crippen LogP contribution in [0.15, 0.2) is 47.4 Å². The molecule has 3 rings (SSSR count). The summed E-state index contributed by atoms with van der Waals surface area (Å²) in [6.07, 6.45) is 3.69. The predicted octanol–water partition coefficient (Wildman–Crippen LogP) is 3.62. The minimum absolute atomic E-state index is 0.0495. The van der Waals surface area contributed by atoms with Gasteiger partial charge in [0.1, 0.15) is 5.75 Å². The second-order valence-corrected chi connectivity index (χ2v) is 9.26. The average molecular weight is 402 g/mol. The lowest BCUT2D eigenvalue weighted by atomic mass is 10.0. The molecular weight excluding hydrogens is 374 g/mol. The quantitative estimate of drug-likeness (QED) is 0.733. The van der Waals surface area contributed by atoms with Crippen LogP contribution in [-0.4, -0.2) is 27.2 Å². The maximum Gasteiger partial charge on any atom is 0.221 e. The van der Waals surface area contributed by atoms with Gasteiger partial charge in [-0.05, 0) is 66.6 Å². The van der Waals surface area contributed by atoms with Gasteiger partial charge in [-0.3, -0.25) is 4.79 Å². The monoisotopic (exact) mass is 401 g/mol. The van der Waals surface area contributed by atoms with E-state index >= 15 is 0 Å². The SMILES string of the molecule is CCC(NC(=O)CCS(=O)(=O)c1ccc2c(c1)CCC2)c1ccc(OC)cc1. The molecule has 0 bridgehead atoms. The van der Waals surface area contributed by atoms with Crippen LogP contribution >= 0.6 is 0 Å². The molecule has 0 saturated carbocycles. The largest absolute Gasteiger partial charge is 0.497 e. The van der Waals surface area contributed by atoms with Crippen LogP contribution in [0.3, 0.4) is 0 Å². The van der Waals surface area contributed by atoms with E-state index < -0.39 is 9.84 Å². The molecule has 5 nitrogen and oxygen atoms in total. The Hall–Kier alpha value is -2.34. The fraction of sp³-hybridized carbons (Fsp3) is 0.409. The van der Waals surface area contributed by atoms with Crippen molar-refractivity contribution in [3.8, 4) is 5.75 Å². The Morgan fingerprint density at radius 2 is 1.82 bits per heavy atom. The number of aryl methyl sites for hydroxylation is 2. The van der Waals surface area contributed by atoms with Gasteiger partial charge in [0.25, 0.3) is 0 Å². The Morgan fingerprint density at radius 1 is 1.11 bits per heavy atom. The summed E-state index contributed by atoms with van der Waals surface area (Å²) in [6, 6.07) is 12.7. The van der Waals surface area contributed by atoms with Gasteiger partial charge < -0.3 is 10.1 Å². The van der Waals surface area contributed by atoms with Crippen LogP contribution in [0.4, 0.5) is 0 Å². The Kier molecular flexibility index (Phi) is 6.39. The molecule has 1 amide bonds. The van der Waals surface area contributed by atoms with Gasteiger partial charge in [0.2, 0.25) is 5.91 Å². The van der Waals surface area contributed by atoms with E-state index in [1.807, 2.05) is 37.3 Å². The van der Waals surface area contributed by atoms with Crippen LogP contribution in [0.5, 0.6) is 5.75 Å². The number of sulfone groups is 1. The highest BCUT2D eigenvalue weighted by Gasteiger charge is 2.21. The third-order valence-corrected chi connectivity index (χ3v) is 7.00. The van der Waals surface area contributed by atoms with Crippen molar-refractivity contribution in [2.45, 2.75) is 50.0 Å². The lowest BCUT2D eigenvalue weighted by molar-refractivity contribution is -0.121. The molecule has 1 N–H and O–H groups in total. The molecule has 0 heterocycles. The van der Waals surface area contributed by atoms with Gasteiger partial charge in [0.05, 0.1) is 23.8 Å². The Morgan fingerprint density at radius 3 is 2.50 bits per heavy atom. The standard InChI is InChI=1S/C22H27NO4S/c1-3-21(17-7-10-19(27-2)11-8-17)23-22(24)13-14-28(25,26)20-12-9-16-5-4-6-18(16)15-20/h7-12,15,21H,3-6,13-14H2,1-2H3,(H,23,24). The van der Waals surface area contributed by atoms with Gasteiger partial charge in [0.15, 0.2) is 9.84 Å². The minimum atomic E-state index is -3.47. The van der Waals surface area contributed by atoms with Crippen LogP contribution in [0.2, 0.25) is 0 Å². The molecule has 6 heteroatoms. The van der Waals surface area contributed by atoms with Gasteiger partial charge in [-0.2, -0.15) is 0 Å². The van der Waals surface area contributed by atoms with Crippen molar-refractivity contribution in [3.63, 3.8) is 0 Å². The summed E-state index contributed by atoms with van der Waals surface area (Å²) < 4.78 is 30.4. The number of benzene rings is 2. The molecule has 28 heavy (non-hydrogen) atoms.